The topological polar surface area (TPSA) is 226 Å². The summed E-state index contributed by atoms with van der Waals surface area (Å²) in [6.45, 7) is 20.7. The number of likely N-dealkylation sites (tertiary alicyclic amines) is 1. The van der Waals surface area contributed by atoms with Crippen molar-refractivity contribution in [3.63, 3.8) is 0 Å². The highest BCUT2D eigenvalue weighted by Gasteiger charge is 2.35. The number of halogens is 1. The number of aryl methyl sites for hydroxylation is 1. The second kappa shape index (κ2) is 27.9. The number of primary amides is 2. The zero-order chi connectivity index (χ0) is 50.5. The van der Waals surface area contributed by atoms with Crippen molar-refractivity contribution in [2.45, 2.75) is 99.1 Å². The molecule has 18 heteroatoms. The van der Waals surface area contributed by atoms with Crippen molar-refractivity contribution in [3.05, 3.63) is 96.0 Å². The monoisotopic (exact) mass is 944 g/mol. The quantitative estimate of drug-likeness (QED) is 0.0749. The average Bonchev–Trinajstić information content (AvgIpc) is 4.14. The maximum atomic E-state index is 16.5. The Hall–Kier alpha value is -6.63. The predicted octanol–water partition coefficient (Wildman–Crippen LogP) is 7.49. The first-order chi connectivity index (χ1) is 32.6. The zero-order valence-corrected chi connectivity index (χ0v) is 41.1. The summed E-state index contributed by atoms with van der Waals surface area (Å²) >= 11 is 0. The Morgan fingerprint density at radius 1 is 1.12 bits per heavy atom. The third-order valence-electron chi connectivity index (χ3n) is 10.6. The zero-order valence-electron chi connectivity index (χ0n) is 41.1. The van der Waals surface area contributed by atoms with E-state index >= 15 is 4.39 Å². The van der Waals surface area contributed by atoms with Crippen molar-refractivity contribution >= 4 is 41.6 Å². The van der Waals surface area contributed by atoms with Gasteiger partial charge in [-0.05, 0) is 83.0 Å². The van der Waals surface area contributed by atoms with Crippen LogP contribution < -0.4 is 21.5 Å². The summed E-state index contributed by atoms with van der Waals surface area (Å²) in [7, 11) is 5.14. The number of H-pyrrole nitrogens is 1. The number of rotatable bonds is 15. The lowest BCUT2D eigenvalue weighted by molar-refractivity contribution is -0.135. The molecule has 5 aromatic rings. The van der Waals surface area contributed by atoms with Gasteiger partial charge in [-0.25, -0.2) is 14.4 Å². The minimum absolute atomic E-state index is 0.0118. The van der Waals surface area contributed by atoms with Crippen LogP contribution in [0.4, 0.5) is 4.39 Å². The Balaban J connectivity index is 0.000000623. The molecular weight excluding hydrogens is 874 g/mol. The number of allylic oxidation sites excluding steroid dienone is 1. The van der Waals surface area contributed by atoms with Crippen LogP contribution in [-0.4, -0.2) is 107 Å². The molecule has 0 bridgehead atoms. The number of aromatic nitrogens is 4. The maximum Gasteiger partial charge on any atom is 0.258 e. The molecule has 7 rings (SSSR count). The van der Waals surface area contributed by atoms with Gasteiger partial charge in [0.05, 0.1) is 46.9 Å². The van der Waals surface area contributed by atoms with Crippen LogP contribution in [0.3, 0.4) is 0 Å². The van der Waals surface area contributed by atoms with Gasteiger partial charge in [0.15, 0.2) is 0 Å². The molecule has 3 amide bonds. The molecule has 5 heterocycles. The molecule has 1 saturated heterocycles. The number of nitrogens with two attached hydrogens (primary N) is 2. The number of hydrogen-bond donors (Lipinski definition) is 4. The van der Waals surface area contributed by atoms with Crippen molar-refractivity contribution in [1.82, 2.24) is 34.6 Å². The Labute approximate surface area is 399 Å². The minimum Gasteiger partial charge on any atom is -0.460 e. The van der Waals surface area contributed by atoms with Crippen LogP contribution in [0.5, 0.6) is 5.75 Å². The van der Waals surface area contributed by atoms with Gasteiger partial charge in [-0.1, -0.05) is 59.8 Å². The molecule has 2 aliphatic heterocycles. The van der Waals surface area contributed by atoms with E-state index in [0.29, 0.717) is 52.1 Å². The standard InChI is InChI=1S/C39H44FN7O4.C6H12O2.C3H8.2CH3NO/c1-7-13-45(5)20-35-41-19-30(44-35)25-11-12-32-27(15-25)17-33-37-28(40)16-26(18-34(37)51-39(47(32)33)38-42-23(3)21-50-38)29(8-2)43-24(4)31-10-9-14-46(31)36(48)22-49-6;1-5(2)6(4-7)8-3;1-3-2;2*2-1-3/h8,11-12,15-19,21,31,39,43H,4,7,9-10,13-14,20,22H2,1-3,5-6H3,(H,41,44);4-6H,1-3H3;3H2,1-2H3;2*1H,(H2,2,3)/b29-8-;;;;. The summed E-state index contributed by atoms with van der Waals surface area (Å²) in [5.74, 6) is 1.39. The first-order valence-corrected chi connectivity index (χ1v) is 22.7. The summed E-state index contributed by atoms with van der Waals surface area (Å²) in [6, 6.07) is 11.2. The molecule has 370 valence electrons. The molecule has 0 radical (unpaired) electrons. The van der Waals surface area contributed by atoms with Gasteiger partial charge in [0, 0.05) is 48.7 Å². The average molecular weight is 944 g/mol. The van der Waals surface area contributed by atoms with Gasteiger partial charge in [-0.2, -0.15) is 0 Å². The van der Waals surface area contributed by atoms with E-state index in [-0.39, 0.29) is 43.4 Å². The molecule has 3 atom stereocenters. The van der Waals surface area contributed by atoms with Crippen molar-refractivity contribution in [3.8, 4) is 28.3 Å². The predicted molar refractivity (Wildman–Crippen MR) is 262 cm³/mol. The molecule has 0 aliphatic carbocycles. The second-order valence-corrected chi connectivity index (χ2v) is 16.4. The van der Waals surface area contributed by atoms with Crippen molar-refractivity contribution < 1.29 is 42.2 Å². The summed E-state index contributed by atoms with van der Waals surface area (Å²) in [5.41, 5.74) is 14.7. The third kappa shape index (κ3) is 14.4. The molecule has 68 heavy (non-hydrogen) atoms. The van der Waals surface area contributed by atoms with Crippen LogP contribution in [0, 0.1) is 18.7 Å². The molecule has 1 fully saturated rings. The number of amides is 3. The molecule has 3 unspecified atom stereocenters. The first-order valence-electron chi connectivity index (χ1n) is 22.7. The number of aromatic amines is 1. The molecule has 17 nitrogen and oxygen atoms in total. The summed E-state index contributed by atoms with van der Waals surface area (Å²) in [5, 5.41) is 4.28. The molecule has 3 aromatic heterocycles. The van der Waals surface area contributed by atoms with Gasteiger partial charge in [0.25, 0.3) is 12.1 Å². The van der Waals surface area contributed by atoms with Crippen LogP contribution in [-0.2, 0) is 35.2 Å². The van der Waals surface area contributed by atoms with Crippen molar-refractivity contribution in [2.24, 2.45) is 17.4 Å². The number of ether oxygens (including phenoxy) is 3. The van der Waals surface area contributed by atoms with Crippen LogP contribution in [0.25, 0.3) is 39.1 Å². The molecular formula is C50H70FN9O8. The van der Waals surface area contributed by atoms with Gasteiger partial charge in [0.2, 0.25) is 18.7 Å². The number of methoxy groups -OCH3 is 2. The van der Waals surface area contributed by atoms with Crippen LogP contribution in [0.2, 0.25) is 0 Å². The Morgan fingerprint density at radius 2 is 1.81 bits per heavy atom. The number of carbonyl (C=O) groups excluding carboxylic acids is 4. The highest BCUT2D eigenvalue weighted by molar-refractivity contribution is 5.92. The summed E-state index contributed by atoms with van der Waals surface area (Å²) in [6.07, 6.45) is 9.59. The van der Waals surface area contributed by atoms with Gasteiger partial charge in [0.1, 0.15) is 42.7 Å². The molecule has 2 aliphatic rings. The smallest absolute Gasteiger partial charge is 0.258 e. The van der Waals surface area contributed by atoms with Gasteiger partial charge in [-0.3, -0.25) is 23.9 Å². The lowest BCUT2D eigenvalue weighted by Crippen LogP contribution is -2.41. The normalized spacial score (nSPS) is 15.1. The number of carbonyl (C=O) groups is 4. The minimum atomic E-state index is -0.775. The fourth-order valence-corrected chi connectivity index (χ4v) is 7.74. The highest BCUT2D eigenvalue weighted by atomic mass is 19.1. The first kappa shape index (κ1) is 55.7. The second-order valence-electron chi connectivity index (χ2n) is 16.4. The van der Waals surface area contributed by atoms with E-state index < -0.39 is 12.0 Å². The fourth-order valence-electron chi connectivity index (χ4n) is 7.74. The van der Waals surface area contributed by atoms with Gasteiger partial charge < -0.3 is 50.1 Å². The maximum absolute atomic E-state index is 16.5. The molecule has 6 N–H and O–H groups in total. The van der Waals surface area contributed by atoms with E-state index in [1.54, 1.807) is 18.3 Å². The number of nitrogens with zero attached hydrogens (tertiary/aromatic N) is 5. The van der Waals surface area contributed by atoms with E-state index in [9.17, 15) is 9.59 Å². The number of hydrogen-bond acceptors (Lipinski definition) is 12. The van der Waals surface area contributed by atoms with E-state index in [2.05, 4.69) is 77.1 Å². The van der Waals surface area contributed by atoms with Crippen LogP contribution >= 0.6 is 0 Å². The van der Waals surface area contributed by atoms with E-state index in [0.717, 1.165) is 66.6 Å². The summed E-state index contributed by atoms with van der Waals surface area (Å²) < 4.78 is 40.8. The molecule has 0 saturated carbocycles. The SMILES string of the molecule is C=C(N/C(=C\C)c1cc(F)c2c(c1)OC(c1nc(C)co1)n1c-2cc2cc(-c3cnc(CN(C)CCC)[nH]3)ccc21)C1CCCN1C(=O)COC.CCC.COC(C=O)C(C)C.NC=O.NC=O. The third-order valence-corrected chi connectivity index (χ3v) is 10.6. The molecule has 2 aromatic carbocycles. The Morgan fingerprint density at radius 3 is 2.37 bits per heavy atom. The largest absolute Gasteiger partial charge is 0.460 e. The molecule has 0 spiro atoms. The Kier molecular flexibility index (Phi) is 22.8. The number of oxazole rings is 1. The highest BCUT2D eigenvalue weighted by Crippen LogP contribution is 2.46. The van der Waals surface area contributed by atoms with Crippen LogP contribution in [0.1, 0.15) is 96.4 Å². The van der Waals surface area contributed by atoms with Gasteiger partial charge in [-0.15, -0.1) is 0 Å². The summed E-state index contributed by atoms with van der Waals surface area (Å²) in [4.78, 5) is 56.6. The van der Waals surface area contributed by atoms with Crippen molar-refractivity contribution in [1.29, 1.82) is 0 Å². The number of benzene rings is 2. The van der Waals surface area contributed by atoms with E-state index in [1.165, 1.54) is 19.6 Å². The van der Waals surface area contributed by atoms with E-state index in [1.807, 2.05) is 68.8 Å². The van der Waals surface area contributed by atoms with Crippen LogP contribution in [0.15, 0.2) is 71.6 Å². The number of imidazole rings is 1. The van der Waals surface area contributed by atoms with E-state index in [4.69, 9.17) is 28.2 Å². The van der Waals surface area contributed by atoms with Gasteiger partial charge >= 0.3 is 0 Å². The number of nitrogens with one attached hydrogen (secondary N) is 2. The number of fused-ring (bicyclic) bond motifs is 5. The lowest BCUT2D eigenvalue weighted by atomic mass is 10.0. The van der Waals surface area contributed by atoms with Crippen molar-refractivity contribution in [2.75, 3.05) is 41.0 Å². The Bertz CT molecular complexity index is 2440. The lowest BCUT2D eigenvalue weighted by Gasteiger charge is -2.30. The fraction of sp³-hybridized carbons (Fsp3) is 0.440. The number of aldehydes is 1.